The number of hydrogen-bond donors (Lipinski definition) is 3. The van der Waals surface area contributed by atoms with Crippen molar-refractivity contribution < 1.29 is 4.79 Å². The number of aryl methyl sites for hydroxylation is 1. The fourth-order valence-corrected chi connectivity index (χ4v) is 2.38. The number of nitrogens with one attached hydrogen (secondary N) is 3. The molecule has 0 bridgehead atoms. The second-order valence-corrected chi connectivity index (χ2v) is 6.44. The van der Waals surface area contributed by atoms with Gasteiger partial charge < -0.3 is 5.32 Å². The van der Waals surface area contributed by atoms with Gasteiger partial charge in [-0.05, 0) is 60.0 Å². The molecule has 0 fully saturated rings. The summed E-state index contributed by atoms with van der Waals surface area (Å²) in [4.78, 5) is 11.9. The summed E-state index contributed by atoms with van der Waals surface area (Å²) >= 11 is 5.18. The van der Waals surface area contributed by atoms with Gasteiger partial charge in [-0.1, -0.05) is 50.2 Å². The van der Waals surface area contributed by atoms with Crippen LogP contribution < -0.4 is 16.2 Å². The van der Waals surface area contributed by atoms with E-state index >= 15 is 0 Å². The number of hydrogen-bond acceptors (Lipinski definition) is 2. The lowest BCUT2D eigenvalue weighted by atomic mass is 10.0. The Labute approximate surface area is 154 Å². The number of carbonyl (C=O) groups is 1. The van der Waals surface area contributed by atoms with E-state index in [1.54, 1.807) is 6.08 Å². The van der Waals surface area contributed by atoms with Gasteiger partial charge >= 0.3 is 0 Å². The van der Waals surface area contributed by atoms with E-state index in [1.807, 2.05) is 43.3 Å². The minimum atomic E-state index is -0.275. The van der Waals surface area contributed by atoms with Gasteiger partial charge in [0.1, 0.15) is 0 Å². The molecule has 130 valence electrons. The first-order chi connectivity index (χ1) is 12.0. The Morgan fingerprint density at radius 2 is 1.72 bits per heavy atom. The predicted molar refractivity (Wildman–Crippen MR) is 108 cm³/mol. The van der Waals surface area contributed by atoms with Gasteiger partial charge in [-0.2, -0.15) is 0 Å². The van der Waals surface area contributed by atoms with Gasteiger partial charge in [0.15, 0.2) is 5.11 Å². The van der Waals surface area contributed by atoms with Crippen molar-refractivity contribution in [2.75, 3.05) is 5.32 Å². The van der Waals surface area contributed by atoms with Crippen molar-refractivity contribution in [2.24, 2.45) is 0 Å². The van der Waals surface area contributed by atoms with Crippen LogP contribution in [-0.4, -0.2) is 11.0 Å². The summed E-state index contributed by atoms with van der Waals surface area (Å²) in [6.45, 7) is 6.29. The number of rotatable bonds is 4. The van der Waals surface area contributed by atoms with E-state index in [0.29, 0.717) is 11.0 Å². The monoisotopic (exact) mass is 353 g/mol. The van der Waals surface area contributed by atoms with E-state index in [-0.39, 0.29) is 5.91 Å². The van der Waals surface area contributed by atoms with Gasteiger partial charge in [-0.15, -0.1) is 0 Å². The molecule has 0 aliphatic carbocycles. The van der Waals surface area contributed by atoms with E-state index < -0.39 is 0 Å². The summed E-state index contributed by atoms with van der Waals surface area (Å²) in [6.07, 6.45) is 3.24. The Morgan fingerprint density at radius 3 is 2.36 bits per heavy atom. The molecule has 2 aromatic rings. The number of amides is 1. The van der Waals surface area contributed by atoms with Gasteiger partial charge in [0.05, 0.1) is 0 Å². The lowest BCUT2D eigenvalue weighted by Crippen LogP contribution is -2.43. The first-order valence-electron chi connectivity index (χ1n) is 8.16. The summed E-state index contributed by atoms with van der Waals surface area (Å²) < 4.78 is 0. The highest BCUT2D eigenvalue weighted by Crippen LogP contribution is 2.16. The highest BCUT2D eigenvalue weighted by atomic mass is 32.1. The lowest BCUT2D eigenvalue weighted by molar-refractivity contribution is -0.116. The summed E-state index contributed by atoms with van der Waals surface area (Å²) in [5.74, 6) is 0.209. The number of thiocarbonyl (C=S) groups is 1. The van der Waals surface area contributed by atoms with Crippen LogP contribution in [0, 0.1) is 6.92 Å². The molecule has 25 heavy (non-hydrogen) atoms. The van der Waals surface area contributed by atoms with E-state index in [1.165, 1.54) is 11.6 Å². The predicted octanol–water partition coefficient (Wildman–Crippen LogP) is 4.15. The smallest absolute Gasteiger partial charge is 0.262 e. The van der Waals surface area contributed by atoms with Gasteiger partial charge in [0, 0.05) is 11.8 Å². The van der Waals surface area contributed by atoms with Crippen LogP contribution in [0.15, 0.2) is 54.6 Å². The zero-order valence-corrected chi connectivity index (χ0v) is 15.5. The van der Waals surface area contributed by atoms with Crippen LogP contribution in [0.1, 0.15) is 36.5 Å². The molecule has 0 aromatic heterocycles. The van der Waals surface area contributed by atoms with Crippen molar-refractivity contribution in [3.8, 4) is 0 Å². The lowest BCUT2D eigenvalue weighted by Gasteiger charge is -2.12. The number of benzene rings is 2. The molecule has 4 nitrogen and oxygen atoms in total. The Kier molecular flexibility index (Phi) is 6.71. The van der Waals surface area contributed by atoms with Gasteiger partial charge in [0.2, 0.25) is 0 Å². The van der Waals surface area contributed by atoms with Gasteiger partial charge in [0.25, 0.3) is 5.91 Å². The molecular weight excluding hydrogens is 330 g/mol. The average molecular weight is 353 g/mol. The Balaban J connectivity index is 1.81. The second kappa shape index (κ2) is 8.99. The molecule has 1 amide bonds. The van der Waals surface area contributed by atoms with Crippen LogP contribution in [0.4, 0.5) is 5.69 Å². The van der Waals surface area contributed by atoms with Crippen molar-refractivity contribution in [2.45, 2.75) is 26.7 Å². The quantitative estimate of drug-likeness (QED) is 0.439. The Morgan fingerprint density at radius 1 is 1.04 bits per heavy atom. The normalized spacial score (nSPS) is 10.7. The van der Waals surface area contributed by atoms with Crippen molar-refractivity contribution >= 4 is 35.0 Å². The van der Waals surface area contributed by atoms with E-state index in [4.69, 9.17) is 12.2 Å². The molecule has 0 aliphatic heterocycles. The van der Waals surface area contributed by atoms with Crippen molar-refractivity contribution in [1.29, 1.82) is 0 Å². The molecule has 0 unspecified atom stereocenters. The van der Waals surface area contributed by atoms with Crippen LogP contribution in [0.3, 0.4) is 0 Å². The molecule has 0 aliphatic rings. The molecule has 2 rings (SSSR count). The van der Waals surface area contributed by atoms with Gasteiger partial charge in [-0.3, -0.25) is 15.6 Å². The minimum absolute atomic E-state index is 0.275. The number of carbonyl (C=O) groups excluding carboxylic acids is 1. The first kappa shape index (κ1) is 18.7. The van der Waals surface area contributed by atoms with Crippen LogP contribution in [-0.2, 0) is 4.79 Å². The fraction of sp³-hybridized carbons (Fsp3) is 0.200. The largest absolute Gasteiger partial charge is 0.331 e. The Bertz CT molecular complexity index is 767. The maximum absolute atomic E-state index is 11.9. The van der Waals surface area contributed by atoms with E-state index in [9.17, 15) is 4.79 Å². The third-order valence-corrected chi connectivity index (χ3v) is 3.94. The van der Waals surface area contributed by atoms with Crippen LogP contribution in [0.25, 0.3) is 6.08 Å². The van der Waals surface area contributed by atoms with Crippen LogP contribution >= 0.6 is 12.2 Å². The molecule has 0 saturated heterocycles. The SMILES string of the molecule is Cc1ccccc1/C=C/C(=O)NNC(=S)Nc1ccc(C(C)C)cc1. The second-order valence-electron chi connectivity index (χ2n) is 6.04. The third kappa shape index (κ3) is 6.04. The first-order valence-corrected chi connectivity index (χ1v) is 8.57. The van der Waals surface area contributed by atoms with Crippen molar-refractivity contribution in [3.05, 3.63) is 71.3 Å². The number of hydrazine groups is 1. The molecule has 0 radical (unpaired) electrons. The highest BCUT2D eigenvalue weighted by molar-refractivity contribution is 7.80. The zero-order chi connectivity index (χ0) is 18.2. The molecule has 0 saturated carbocycles. The average Bonchev–Trinajstić information content (AvgIpc) is 2.59. The topological polar surface area (TPSA) is 53.2 Å². The summed E-state index contributed by atoms with van der Waals surface area (Å²) in [5, 5.41) is 3.36. The number of anilines is 1. The highest BCUT2D eigenvalue weighted by Gasteiger charge is 2.02. The zero-order valence-electron chi connectivity index (χ0n) is 14.7. The van der Waals surface area contributed by atoms with Crippen molar-refractivity contribution in [1.82, 2.24) is 10.9 Å². The van der Waals surface area contributed by atoms with Crippen LogP contribution in [0.5, 0.6) is 0 Å². The third-order valence-electron chi connectivity index (χ3n) is 3.74. The minimum Gasteiger partial charge on any atom is -0.331 e. The maximum Gasteiger partial charge on any atom is 0.262 e. The maximum atomic E-state index is 11.9. The fourth-order valence-electron chi connectivity index (χ4n) is 2.21. The molecular formula is C20H23N3OS. The molecule has 0 atom stereocenters. The van der Waals surface area contributed by atoms with Gasteiger partial charge in [-0.25, -0.2) is 0 Å². The van der Waals surface area contributed by atoms with E-state index in [2.05, 4.69) is 42.1 Å². The molecule has 2 aromatic carbocycles. The summed E-state index contributed by atoms with van der Waals surface area (Å²) in [7, 11) is 0. The standard InChI is InChI=1S/C20H23N3OS/c1-14(2)16-8-11-18(12-9-16)21-20(25)23-22-19(24)13-10-17-7-5-4-6-15(17)3/h4-14H,1-3H3,(H,22,24)(H2,21,23,25)/b13-10+. The van der Waals surface area contributed by atoms with Crippen molar-refractivity contribution in [3.63, 3.8) is 0 Å². The molecule has 5 heteroatoms. The molecule has 0 spiro atoms. The molecule has 3 N–H and O–H groups in total. The summed E-state index contributed by atoms with van der Waals surface area (Å²) in [5.41, 5.74) is 9.48. The molecule has 0 heterocycles. The summed E-state index contributed by atoms with van der Waals surface area (Å²) in [6, 6.07) is 15.9. The van der Waals surface area contributed by atoms with Crippen LogP contribution in [0.2, 0.25) is 0 Å². The Hall–Kier alpha value is -2.66. The van der Waals surface area contributed by atoms with E-state index in [0.717, 1.165) is 16.8 Å².